The molecule has 0 saturated carbocycles. The zero-order chi connectivity index (χ0) is 13.3. The molecule has 0 atom stereocenters. The van der Waals surface area contributed by atoms with Gasteiger partial charge in [0.05, 0.1) is 0 Å². The summed E-state index contributed by atoms with van der Waals surface area (Å²) >= 11 is 0. The highest BCUT2D eigenvalue weighted by Crippen LogP contribution is 2.22. The smallest absolute Gasteiger partial charge is 0.183 e. The van der Waals surface area contributed by atoms with Crippen LogP contribution < -0.4 is 0 Å². The Labute approximate surface area is 103 Å². The lowest BCUT2D eigenvalue weighted by molar-refractivity contribution is 0.0954. The molecule has 0 radical (unpaired) electrons. The van der Waals surface area contributed by atoms with Crippen LogP contribution in [-0.4, -0.2) is 25.2 Å². The number of benzene rings is 1. The Bertz CT molecular complexity index is 527. The van der Waals surface area contributed by atoms with E-state index in [0.717, 1.165) is 18.2 Å². The summed E-state index contributed by atoms with van der Waals surface area (Å²) in [4.78, 5) is 12.2. The van der Waals surface area contributed by atoms with Crippen molar-refractivity contribution in [1.82, 2.24) is 0 Å². The summed E-state index contributed by atoms with van der Waals surface area (Å²) in [6, 6.07) is 7.12. The molecule has 4 heteroatoms. The van der Waals surface area contributed by atoms with Crippen molar-refractivity contribution < 1.29 is 13.2 Å². The molecule has 0 heterocycles. The van der Waals surface area contributed by atoms with Gasteiger partial charge in [0.15, 0.2) is 15.6 Å². The van der Waals surface area contributed by atoms with E-state index in [1.54, 1.807) is 18.2 Å². The number of aryl methyl sites for hydroxylation is 1. The molecular formula is C13H18O3S. The van der Waals surface area contributed by atoms with Gasteiger partial charge in [-0.3, -0.25) is 4.79 Å². The van der Waals surface area contributed by atoms with Gasteiger partial charge >= 0.3 is 0 Å². The lowest BCUT2D eigenvalue weighted by Gasteiger charge is -2.21. The van der Waals surface area contributed by atoms with Gasteiger partial charge in [-0.05, 0) is 31.9 Å². The van der Waals surface area contributed by atoms with Gasteiger partial charge in [-0.25, -0.2) is 8.42 Å². The standard InChI is InChI=1S/C13H18O3S/c1-5-10-7-6-8-11(9-10)12(14)13(2,3)17(4,15)16/h6-9H,5H2,1-4H3. The van der Waals surface area contributed by atoms with Gasteiger partial charge in [-0.2, -0.15) is 0 Å². The first-order chi connectivity index (χ1) is 7.70. The maximum absolute atomic E-state index is 12.2. The van der Waals surface area contributed by atoms with Crippen molar-refractivity contribution >= 4 is 15.6 Å². The van der Waals surface area contributed by atoms with Crippen LogP contribution in [0, 0.1) is 0 Å². The first-order valence-electron chi connectivity index (χ1n) is 5.53. The zero-order valence-electron chi connectivity index (χ0n) is 10.6. The second kappa shape index (κ2) is 4.61. The highest BCUT2D eigenvalue weighted by Gasteiger charge is 2.38. The predicted molar refractivity (Wildman–Crippen MR) is 69.1 cm³/mol. The predicted octanol–water partition coefficient (Wildman–Crippen LogP) is 2.25. The molecule has 1 aromatic rings. The van der Waals surface area contributed by atoms with E-state index in [2.05, 4.69) is 0 Å². The monoisotopic (exact) mass is 254 g/mol. The minimum absolute atomic E-state index is 0.352. The van der Waals surface area contributed by atoms with Crippen LogP contribution >= 0.6 is 0 Å². The maximum atomic E-state index is 12.2. The quantitative estimate of drug-likeness (QED) is 0.774. The van der Waals surface area contributed by atoms with Crippen molar-refractivity contribution in [2.75, 3.05) is 6.26 Å². The van der Waals surface area contributed by atoms with Crippen LogP contribution in [0.15, 0.2) is 24.3 Å². The SMILES string of the molecule is CCc1cccc(C(=O)C(C)(C)S(C)(=O)=O)c1. The fraction of sp³-hybridized carbons (Fsp3) is 0.462. The zero-order valence-corrected chi connectivity index (χ0v) is 11.5. The van der Waals surface area contributed by atoms with Crippen molar-refractivity contribution in [3.63, 3.8) is 0 Å². The van der Waals surface area contributed by atoms with Crippen LogP contribution in [0.25, 0.3) is 0 Å². The Balaban J connectivity index is 3.21. The van der Waals surface area contributed by atoms with Gasteiger partial charge in [0.1, 0.15) is 4.75 Å². The number of Topliss-reactive ketones (excluding diaryl/α,β-unsaturated/α-hetero) is 1. The number of ketones is 1. The summed E-state index contributed by atoms with van der Waals surface area (Å²) < 4.78 is 21.8. The average Bonchev–Trinajstić information content (AvgIpc) is 2.26. The molecule has 0 aliphatic heterocycles. The Kier molecular flexibility index (Phi) is 3.77. The second-order valence-electron chi connectivity index (χ2n) is 4.67. The van der Waals surface area contributed by atoms with Gasteiger partial charge in [0.25, 0.3) is 0 Å². The molecule has 0 fully saturated rings. The molecule has 0 N–H and O–H groups in total. The molecule has 0 spiro atoms. The number of rotatable bonds is 4. The van der Waals surface area contributed by atoms with E-state index in [-0.39, 0.29) is 5.78 Å². The molecule has 0 amide bonds. The molecule has 1 rings (SSSR count). The first-order valence-corrected chi connectivity index (χ1v) is 7.42. The van der Waals surface area contributed by atoms with Crippen LogP contribution in [0.5, 0.6) is 0 Å². The van der Waals surface area contributed by atoms with E-state index >= 15 is 0 Å². The van der Waals surface area contributed by atoms with E-state index in [1.807, 2.05) is 13.0 Å². The molecule has 94 valence electrons. The van der Waals surface area contributed by atoms with E-state index in [4.69, 9.17) is 0 Å². The third kappa shape index (κ3) is 2.75. The van der Waals surface area contributed by atoms with Crippen LogP contribution in [0.3, 0.4) is 0 Å². The minimum Gasteiger partial charge on any atom is -0.292 e. The van der Waals surface area contributed by atoms with Crippen molar-refractivity contribution in [1.29, 1.82) is 0 Å². The van der Waals surface area contributed by atoms with E-state index < -0.39 is 14.6 Å². The van der Waals surface area contributed by atoms with Crippen LogP contribution in [-0.2, 0) is 16.3 Å². The fourth-order valence-corrected chi connectivity index (χ4v) is 1.90. The third-order valence-corrected chi connectivity index (χ3v) is 5.11. The summed E-state index contributed by atoms with van der Waals surface area (Å²) in [5.74, 6) is -0.352. The molecule has 0 aliphatic rings. The maximum Gasteiger partial charge on any atom is 0.183 e. The fourth-order valence-electron chi connectivity index (χ4n) is 1.45. The van der Waals surface area contributed by atoms with Crippen LogP contribution in [0.2, 0.25) is 0 Å². The van der Waals surface area contributed by atoms with E-state index in [1.165, 1.54) is 13.8 Å². The second-order valence-corrected chi connectivity index (χ2v) is 7.23. The molecule has 3 nitrogen and oxygen atoms in total. The van der Waals surface area contributed by atoms with Gasteiger partial charge in [-0.15, -0.1) is 0 Å². The largest absolute Gasteiger partial charge is 0.292 e. The van der Waals surface area contributed by atoms with Crippen molar-refractivity contribution in [3.8, 4) is 0 Å². The summed E-state index contributed by atoms with van der Waals surface area (Å²) in [5.41, 5.74) is 1.49. The van der Waals surface area contributed by atoms with Gasteiger partial charge in [0.2, 0.25) is 0 Å². The molecule has 0 saturated heterocycles. The average molecular weight is 254 g/mol. The highest BCUT2D eigenvalue weighted by atomic mass is 32.2. The molecule has 0 aliphatic carbocycles. The normalized spacial score (nSPS) is 12.5. The Morgan fingerprint density at radius 3 is 2.35 bits per heavy atom. The molecule has 0 unspecified atom stereocenters. The Hall–Kier alpha value is -1.16. The summed E-state index contributed by atoms with van der Waals surface area (Å²) in [6.45, 7) is 4.89. The lowest BCUT2D eigenvalue weighted by Crippen LogP contribution is -2.39. The number of hydrogen-bond donors (Lipinski definition) is 0. The topological polar surface area (TPSA) is 51.2 Å². The molecule has 0 bridgehead atoms. The van der Waals surface area contributed by atoms with Gasteiger partial charge in [-0.1, -0.05) is 25.1 Å². The molecular weight excluding hydrogens is 236 g/mol. The van der Waals surface area contributed by atoms with Crippen molar-refractivity contribution in [3.05, 3.63) is 35.4 Å². The minimum atomic E-state index is -3.42. The highest BCUT2D eigenvalue weighted by molar-refractivity contribution is 7.92. The van der Waals surface area contributed by atoms with Crippen molar-refractivity contribution in [2.24, 2.45) is 0 Å². The van der Waals surface area contributed by atoms with Gasteiger partial charge < -0.3 is 0 Å². The summed E-state index contributed by atoms with van der Waals surface area (Å²) in [7, 11) is -3.42. The van der Waals surface area contributed by atoms with Crippen molar-refractivity contribution in [2.45, 2.75) is 31.9 Å². The number of carbonyl (C=O) groups excluding carboxylic acids is 1. The first kappa shape index (κ1) is 13.9. The summed E-state index contributed by atoms with van der Waals surface area (Å²) in [6.07, 6.45) is 1.91. The van der Waals surface area contributed by atoms with E-state index in [9.17, 15) is 13.2 Å². The number of sulfone groups is 1. The lowest BCUT2D eigenvalue weighted by atomic mass is 9.98. The third-order valence-electron chi connectivity index (χ3n) is 3.07. The number of hydrogen-bond acceptors (Lipinski definition) is 3. The van der Waals surface area contributed by atoms with Crippen LogP contribution in [0.1, 0.15) is 36.7 Å². The number of carbonyl (C=O) groups is 1. The molecule has 0 aromatic heterocycles. The van der Waals surface area contributed by atoms with Gasteiger partial charge in [0, 0.05) is 11.8 Å². The Morgan fingerprint density at radius 1 is 1.29 bits per heavy atom. The Morgan fingerprint density at radius 2 is 1.88 bits per heavy atom. The summed E-state index contributed by atoms with van der Waals surface area (Å²) in [5, 5.41) is 0. The molecule has 17 heavy (non-hydrogen) atoms. The van der Waals surface area contributed by atoms with Crippen LogP contribution in [0.4, 0.5) is 0 Å². The van der Waals surface area contributed by atoms with E-state index in [0.29, 0.717) is 5.56 Å². The molecule has 1 aromatic carbocycles.